The van der Waals surface area contributed by atoms with Crippen molar-refractivity contribution in [3.8, 4) is 0 Å². The summed E-state index contributed by atoms with van der Waals surface area (Å²) in [7, 11) is -0.638. The van der Waals surface area contributed by atoms with E-state index in [4.69, 9.17) is 4.52 Å². The third kappa shape index (κ3) is 2.96. The number of hydrogen-bond acceptors (Lipinski definition) is 3. The fourth-order valence-electron chi connectivity index (χ4n) is 3.85. The van der Waals surface area contributed by atoms with Gasteiger partial charge in [0.2, 0.25) is 8.45 Å². The third-order valence-electron chi connectivity index (χ3n) is 5.06. The molecule has 4 atom stereocenters. The van der Waals surface area contributed by atoms with E-state index in [-0.39, 0.29) is 0 Å². The van der Waals surface area contributed by atoms with Gasteiger partial charge in [-0.05, 0) is 37.8 Å². The van der Waals surface area contributed by atoms with Crippen LogP contribution in [0, 0.1) is 0 Å². The van der Waals surface area contributed by atoms with Crippen LogP contribution in [-0.2, 0) is 4.52 Å². The smallest absolute Gasteiger partial charge is 0.218 e. The quantitative estimate of drug-likeness (QED) is 0.544. The lowest BCUT2D eigenvalue weighted by Gasteiger charge is -2.35. The van der Waals surface area contributed by atoms with Gasteiger partial charge in [-0.15, -0.1) is 0 Å². The summed E-state index contributed by atoms with van der Waals surface area (Å²) in [4.78, 5) is 0.531. The van der Waals surface area contributed by atoms with Crippen molar-refractivity contribution in [1.82, 2.24) is 4.67 Å². The fraction of sp³-hybridized carbons (Fsp3) is 0.647. The maximum absolute atomic E-state index is 6.72. The zero-order valence-corrected chi connectivity index (χ0v) is 15.4. The first kappa shape index (κ1) is 15.4. The van der Waals surface area contributed by atoms with E-state index in [1.807, 2.05) is 0 Å². The lowest BCUT2D eigenvalue weighted by molar-refractivity contribution is 0.170. The van der Waals surface area contributed by atoms with E-state index in [0.29, 0.717) is 17.0 Å². The molecule has 0 amide bonds. The van der Waals surface area contributed by atoms with Crippen LogP contribution in [0.25, 0.3) is 0 Å². The van der Waals surface area contributed by atoms with Crippen molar-refractivity contribution in [3.63, 3.8) is 0 Å². The number of rotatable bonds is 3. The summed E-state index contributed by atoms with van der Waals surface area (Å²) < 4.78 is 11.9. The Balaban J connectivity index is 1.55. The molecule has 22 heavy (non-hydrogen) atoms. The Morgan fingerprint density at radius 1 is 1.05 bits per heavy atom. The maximum atomic E-state index is 6.72. The molecule has 3 fully saturated rings. The molecule has 1 aliphatic carbocycles. The number of halogens is 1. The van der Waals surface area contributed by atoms with Gasteiger partial charge >= 0.3 is 0 Å². The van der Waals surface area contributed by atoms with Gasteiger partial charge in [-0.3, -0.25) is 0 Å². The number of benzene rings is 1. The van der Waals surface area contributed by atoms with E-state index in [1.54, 1.807) is 0 Å². The Morgan fingerprint density at radius 2 is 1.86 bits per heavy atom. The second kappa shape index (κ2) is 6.76. The monoisotopic (exact) mass is 382 g/mol. The second-order valence-electron chi connectivity index (χ2n) is 6.57. The molecule has 2 heterocycles. The Hall–Kier alpha value is -0.150. The standard InChI is InChI=1S/C17H24BrN2OP/c18-16-10-4-5-11-17(16)21-22-19-12-6-9-15(19)13-20(22)14-7-2-1-3-8-14/h1-3,7-8,15-17H,4-6,9-13H2/t15-,16-,17-,22?/m0/s1. The highest BCUT2D eigenvalue weighted by Gasteiger charge is 2.45. The normalized spacial score (nSPS) is 35.8. The molecule has 120 valence electrons. The summed E-state index contributed by atoms with van der Waals surface area (Å²) in [6.45, 7) is 2.34. The number of fused-ring (bicyclic) bond motifs is 1. The fourth-order valence-corrected chi connectivity index (χ4v) is 7.16. The minimum atomic E-state index is -0.638. The van der Waals surface area contributed by atoms with Crippen LogP contribution in [0.3, 0.4) is 0 Å². The van der Waals surface area contributed by atoms with E-state index in [0.717, 1.165) is 6.54 Å². The third-order valence-corrected chi connectivity index (χ3v) is 8.34. The average molecular weight is 383 g/mol. The van der Waals surface area contributed by atoms with Gasteiger partial charge in [0.25, 0.3) is 0 Å². The van der Waals surface area contributed by atoms with Gasteiger partial charge < -0.3 is 9.19 Å². The Bertz CT molecular complexity index is 503. The average Bonchev–Trinajstić information content (AvgIpc) is 3.13. The predicted molar refractivity (Wildman–Crippen MR) is 96.5 cm³/mol. The van der Waals surface area contributed by atoms with Gasteiger partial charge in [-0.2, -0.15) is 0 Å². The van der Waals surface area contributed by atoms with Crippen LogP contribution >= 0.6 is 24.4 Å². The molecule has 5 heteroatoms. The summed E-state index contributed by atoms with van der Waals surface area (Å²) in [5.41, 5.74) is 1.32. The van der Waals surface area contributed by atoms with Gasteiger partial charge in [0.15, 0.2) is 0 Å². The highest BCUT2D eigenvalue weighted by atomic mass is 79.9. The lowest BCUT2D eigenvalue weighted by Crippen LogP contribution is -2.30. The van der Waals surface area contributed by atoms with Crippen LogP contribution < -0.4 is 4.67 Å². The van der Waals surface area contributed by atoms with Gasteiger partial charge in [-0.1, -0.05) is 47.0 Å². The van der Waals surface area contributed by atoms with E-state index in [1.165, 1.54) is 50.8 Å². The van der Waals surface area contributed by atoms with Gasteiger partial charge in [-0.25, -0.2) is 4.67 Å². The zero-order valence-electron chi connectivity index (χ0n) is 12.9. The molecule has 0 spiro atoms. The molecule has 3 nitrogen and oxygen atoms in total. The van der Waals surface area contributed by atoms with Crippen molar-refractivity contribution >= 4 is 30.1 Å². The lowest BCUT2D eigenvalue weighted by atomic mass is 9.98. The van der Waals surface area contributed by atoms with Gasteiger partial charge in [0.05, 0.1) is 6.10 Å². The van der Waals surface area contributed by atoms with Crippen molar-refractivity contribution < 1.29 is 4.52 Å². The SMILES string of the molecule is Br[C@H]1CCCC[C@@H]1OP1N(c2ccccc2)C[C@@H]2CCCN21. The van der Waals surface area contributed by atoms with E-state index in [9.17, 15) is 0 Å². The van der Waals surface area contributed by atoms with Crippen molar-refractivity contribution in [2.75, 3.05) is 17.8 Å². The number of hydrogen-bond donors (Lipinski definition) is 0. The molecule has 0 N–H and O–H groups in total. The number of nitrogens with zero attached hydrogens (tertiary/aromatic N) is 2. The van der Waals surface area contributed by atoms with Gasteiger partial charge in [0, 0.05) is 29.6 Å². The first-order valence-corrected chi connectivity index (χ1v) is 10.6. The summed E-state index contributed by atoms with van der Waals surface area (Å²) >= 11 is 3.86. The Labute approximate surface area is 143 Å². The number of alkyl halides is 1. The number of para-hydroxylation sites is 1. The molecule has 3 aliphatic rings. The second-order valence-corrected chi connectivity index (χ2v) is 9.46. The molecule has 2 aliphatic heterocycles. The summed E-state index contributed by atoms with van der Waals surface area (Å²) in [6.07, 6.45) is 8.14. The van der Waals surface area contributed by atoms with Crippen LogP contribution in [0.15, 0.2) is 30.3 Å². The molecule has 1 aromatic rings. The van der Waals surface area contributed by atoms with Gasteiger partial charge in [0.1, 0.15) is 0 Å². The molecule has 1 saturated carbocycles. The minimum Gasteiger partial charge on any atom is -0.322 e. The van der Waals surface area contributed by atoms with Crippen LogP contribution in [0.1, 0.15) is 38.5 Å². The van der Waals surface area contributed by atoms with Crippen LogP contribution in [0.4, 0.5) is 5.69 Å². The van der Waals surface area contributed by atoms with E-state index < -0.39 is 8.45 Å². The summed E-state index contributed by atoms with van der Waals surface area (Å²) in [5.74, 6) is 0. The highest BCUT2D eigenvalue weighted by molar-refractivity contribution is 9.09. The van der Waals surface area contributed by atoms with E-state index >= 15 is 0 Å². The zero-order chi connectivity index (χ0) is 14.9. The van der Waals surface area contributed by atoms with Crippen molar-refractivity contribution in [2.45, 2.75) is 55.5 Å². The first-order chi connectivity index (χ1) is 10.8. The summed E-state index contributed by atoms with van der Waals surface area (Å²) in [6, 6.07) is 11.5. The molecular formula is C17H24BrN2OP. The van der Waals surface area contributed by atoms with Crippen LogP contribution in [-0.4, -0.2) is 34.7 Å². The van der Waals surface area contributed by atoms with Crippen molar-refractivity contribution in [1.29, 1.82) is 0 Å². The van der Waals surface area contributed by atoms with Crippen molar-refractivity contribution in [2.24, 2.45) is 0 Å². The maximum Gasteiger partial charge on any atom is 0.218 e. The molecule has 0 radical (unpaired) electrons. The molecular weight excluding hydrogens is 359 g/mol. The molecule has 1 aromatic carbocycles. The van der Waals surface area contributed by atoms with Crippen LogP contribution in [0.5, 0.6) is 0 Å². The number of anilines is 1. The molecule has 4 rings (SSSR count). The molecule has 2 saturated heterocycles. The molecule has 1 unspecified atom stereocenters. The highest BCUT2D eigenvalue weighted by Crippen LogP contribution is 2.58. The molecule has 0 aromatic heterocycles. The Morgan fingerprint density at radius 3 is 2.68 bits per heavy atom. The predicted octanol–water partition coefficient (Wildman–Crippen LogP) is 4.92. The van der Waals surface area contributed by atoms with Crippen molar-refractivity contribution in [3.05, 3.63) is 30.3 Å². The van der Waals surface area contributed by atoms with E-state index in [2.05, 4.69) is 55.6 Å². The molecule has 0 bridgehead atoms. The topological polar surface area (TPSA) is 15.7 Å². The Kier molecular flexibility index (Phi) is 4.73. The minimum absolute atomic E-state index is 0.380. The largest absolute Gasteiger partial charge is 0.322 e. The summed E-state index contributed by atoms with van der Waals surface area (Å²) in [5, 5.41) is 0. The van der Waals surface area contributed by atoms with Crippen LogP contribution in [0.2, 0.25) is 0 Å². The first-order valence-electron chi connectivity index (χ1n) is 8.53.